The van der Waals surface area contributed by atoms with Gasteiger partial charge in [0.2, 0.25) is 0 Å². The molecule has 0 amide bonds. The molecule has 0 spiro atoms. The second-order valence-corrected chi connectivity index (χ2v) is 5.11. The van der Waals surface area contributed by atoms with Crippen molar-refractivity contribution in [2.24, 2.45) is 22.5 Å². The van der Waals surface area contributed by atoms with Crippen LogP contribution in [0.2, 0.25) is 0 Å². The maximum Gasteiger partial charge on any atom is 0.0507 e. The summed E-state index contributed by atoms with van der Waals surface area (Å²) in [4.78, 5) is 0. The Kier molecular flexibility index (Phi) is 1.59. The van der Waals surface area contributed by atoms with Crippen LogP contribution in [0.1, 0.15) is 33.1 Å². The summed E-state index contributed by atoms with van der Waals surface area (Å²) in [6, 6.07) is 0.233. The summed E-state index contributed by atoms with van der Waals surface area (Å²) in [5.41, 5.74) is 6.39. The highest BCUT2D eigenvalue weighted by Crippen LogP contribution is 2.64. The van der Waals surface area contributed by atoms with Crippen LogP contribution in [0, 0.1) is 16.7 Å². The van der Waals surface area contributed by atoms with E-state index in [1.165, 1.54) is 6.42 Å². The molecule has 0 saturated heterocycles. The number of hydrogen-bond acceptors (Lipinski definition) is 2. The van der Waals surface area contributed by atoms with Gasteiger partial charge in [0.05, 0.1) is 6.61 Å². The van der Waals surface area contributed by atoms with Gasteiger partial charge in [0.1, 0.15) is 0 Å². The van der Waals surface area contributed by atoms with Crippen molar-refractivity contribution >= 4 is 0 Å². The van der Waals surface area contributed by atoms with Crippen molar-refractivity contribution in [2.45, 2.75) is 39.2 Å². The van der Waals surface area contributed by atoms with E-state index in [0.29, 0.717) is 0 Å². The average molecular weight is 169 g/mol. The number of rotatable bonds is 1. The molecule has 0 aromatic rings. The number of fused-ring (bicyclic) bond motifs is 2. The minimum atomic E-state index is 0.0394. The van der Waals surface area contributed by atoms with Gasteiger partial charge < -0.3 is 10.8 Å². The Hall–Kier alpha value is -0.0800. The van der Waals surface area contributed by atoms with E-state index in [1.807, 2.05) is 0 Å². The normalized spacial score (nSPS) is 50.0. The molecular formula is C10H19NO. The zero-order chi connectivity index (χ0) is 8.98. The largest absolute Gasteiger partial charge is 0.396 e. The predicted octanol–water partition coefficient (Wildman–Crippen LogP) is 1.13. The molecule has 0 unspecified atom stereocenters. The van der Waals surface area contributed by atoms with E-state index in [-0.39, 0.29) is 23.5 Å². The van der Waals surface area contributed by atoms with Crippen molar-refractivity contribution in [1.82, 2.24) is 0 Å². The summed E-state index contributed by atoms with van der Waals surface area (Å²) in [7, 11) is 0. The zero-order valence-electron chi connectivity index (χ0n) is 8.01. The van der Waals surface area contributed by atoms with Crippen molar-refractivity contribution in [3.63, 3.8) is 0 Å². The monoisotopic (exact) mass is 169 g/mol. The van der Waals surface area contributed by atoms with Gasteiger partial charge in [-0.1, -0.05) is 13.8 Å². The Morgan fingerprint density at radius 1 is 1.50 bits per heavy atom. The van der Waals surface area contributed by atoms with Gasteiger partial charge in [0.15, 0.2) is 0 Å². The molecular weight excluding hydrogens is 150 g/mol. The maximum atomic E-state index is 9.47. The van der Waals surface area contributed by atoms with Crippen LogP contribution < -0.4 is 5.73 Å². The summed E-state index contributed by atoms with van der Waals surface area (Å²) in [5.74, 6) is 0.750. The van der Waals surface area contributed by atoms with Crippen molar-refractivity contribution < 1.29 is 5.11 Å². The van der Waals surface area contributed by atoms with E-state index < -0.39 is 0 Å². The van der Waals surface area contributed by atoms with E-state index in [1.54, 1.807) is 0 Å². The van der Waals surface area contributed by atoms with Crippen LogP contribution in [0.3, 0.4) is 0 Å². The topological polar surface area (TPSA) is 46.2 Å². The molecule has 2 nitrogen and oxygen atoms in total. The lowest BCUT2D eigenvalue weighted by Crippen LogP contribution is -2.46. The van der Waals surface area contributed by atoms with Gasteiger partial charge in [-0.2, -0.15) is 0 Å². The highest BCUT2D eigenvalue weighted by atomic mass is 16.3. The van der Waals surface area contributed by atoms with Crippen molar-refractivity contribution in [1.29, 1.82) is 0 Å². The molecule has 3 atom stereocenters. The van der Waals surface area contributed by atoms with Crippen LogP contribution >= 0.6 is 0 Å². The van der Waals surface area contributed by atoms with Crippen LogP contribution in [0.15, 0.2) is 0 Å². The minimum Gasteiger partial charge on any atom is -0.396 e. The molecule has 0 radical (unpaired) electrons. The minimum absolute atomic E-state index is 0.0394. The first kappa shape index (κ1) is 8.52. The van der Waals surface area contributed by atoms with E-state index in [4.69, 9.17) is 5.73 Å². The second kappa shape index (κ2) is 2.24. The van der Waals surface area contributed by atoms with E-state index in [2.05, 4.69) is 13.8 Å². The van der Waals surface area contributed by atoms with E-state index in [9.17, 15) is 5.11 Å². The maximum absolute atomic E-state index is 9.47. The highest BCUT2D eigenvalue weighted by Gasteiger charge is 2.62. The lowest BCUT2D eigenvalue weighted by atomic mass is 9.68. The van der Waals surface area contributed by atoms with Gasteiger partial charge in [-0.05, 0) is 30.6 Å². The third-order valence-corrected chi connectivity index (χ3v) is 4.77. The molecule has 2 saturated carbocycles. The van der Waals surface area contributed by atoms with Gasteiger partial charge in [-0.3, -0.25) is 0 Å². The SMILES string of the molecule is CC1(C)[C@@H]2CC[C@]1(CO)[C@H](N)C2. The third kappa shape index (κ3) is 0.686. The number of aliphatic hydroxyl groups is 1. The van der Waals surface area contributed by atoms with Crippen LogP contribution in [0.4, 0.5) is 0 Å². The molecule has 70 valence electrons. The number of aliphatic hydroxyl groups excluding tert-OH is 1. The molecule has 0 heterocycles. The highest BCUT2D eigenvalue weighted by molar-refractivity contribution is 5.13. The number of nitrogens with two attached hydrogens (primary N) is 1. The molecule has 3 N–H and O–H groups in total. The Balaban J connectivity index is 2.39. The molecule has 2 aliphatic carbocycles. The molecule has 2 heteroatoms. The fraction of sp³-hybridized carbons (Fsp3) is 1.00. The van der Waals surface area contributed by atoms with E-state index in [0.717, 1.165) is 18.8 Å². The Morgan fingerprint density at radius 2 is 2.17 bits per heavy atom. The Labute approximate surface area is 74.1 Å². The van der Waals surface area contributed by atoms with E-state index >= 15 is 0 Å². The van der Waals surface area contributed by atoms with Crippen molar-refractivity contribution in [3.05, 3.63) is 0 Å². The first-order chi connectivity index (χ1) is 5.54. The molecule has 12 heavy (non-hydrogen) atoms. The lowest BCUT2D eigenvalue weighted by Gasteiger charge is -2.39. The van der Waals surface area contributed by atoms with Crippen molar-refractivity contribution in [2.75, 3.05) is 6.61 Å². The first-order valence-corrected chi connectivity index (χ1v) is 4.91. The van der Waals surface area contributed by atoms with Crippen LogP contribution in [-0.2, 0) is 0 Å². The van der Waals surface area contributed by atoms with Crippen LogP contribution in [-0.4, -0.2) is 17.8 Å². The van der Waals surface area contributed by atoms with Gasteiger partial charge in [0.25, 0.3) is 0 Å². The molecule has 0 aromatic heterocycles. The zero-order valence-corrected chi connectivity index (χ0v) is 8.01. The lowest BCUT2D eigenvalue weighted by molar-refractivity contribution is 0.0344. The molecule has 0 aromatic carbocycles. The standard InChI is InChI=1S/C10H19NO/c1-9(2)7-3-4-10(9,6-12)8(11)5-7/h7-8,12H,3-6,11H2,1-2H3/t7-,8-,10+/m1/s1. The molecule has 0 aliphatic heterocycles. The van der Waals surface area contributed by atoms with Crippen LogP contribution in [0.5, 0.6) is 0 Å². The quantitative estimate of drug-likeness (QED) is 0.618. The van der Waals surface area contributed by atoms with Gasteiger partial charge >= 0.3 is 0 Å². The van der Waals surface area contributed by atoms with Crippen LogP contribution in [0.25, 0.3) is 0 Å². The summed E-state index contributed by atoms with van der Waals surface area (Å²) in [6.45, 7) is 4.82. The molecule has 2 fully saturated rings. The first-order valence-electron chi connectivity index (χ1n) is 4.91. The fourth-order valence-corrected chi connectivity index (χ4v) is 3.53. The molecule has 2 bridgehead atoms. The van der Waals surface area contributed by atoms with Gasteiger partial charge in [-0.25, -0.2) is 0 Å². The van der Waals surface area contributed by atoms with Crippen molar-refractivity contribution in [3.8, 4) is 0 Å². The second-order valence-electron chi connectivity index (χ2n) is 5.11. The summed E-state index contributed by atoms with van der Waals surface area (Å²) >= 11 is 0. The summed E-state index contributed by atoms with van der Waals surface area (Å²) < 4.78 is 0. The Bertz CT molecular complexity index is 202. The fourth-order valence-electron chi connectivity index (χ4n) is 3.53. The molecule has 2 aliphatic rings. The molecule has 2 rings (SSSR count). The predicted molar refractivity (Wildman–Crippen MR) is 48.6 cm³/mol. The van der Waals surface area contributed by atoms with Gasteiger partial charge in [0, 0.05) is 11.5 Å². The third-order valence-electron chi connectivity index (χ3n) is 4.77. The van der Waals surface area contributed by atoms with Gasteiger partial charge in [-0.15, -0.1) is 0 Å². The Morgan fingerprint density at radius 3 is 2.42 bits per heavy atom. The number of hydrogen-bond donors (Lipinski definition) is 2. The summed E-state index contributed by atoms with van der Waals surface area (Å²) in [6.07, 6.45) is 3.51. The smallest absolute Gasteiger partial charge is 0.0507 e. The average Bonchev–Trinajstić information content (AvgIpc) is 2.36. The summed E-state index contributed by atoms with van der Waals surface area (Å²) in [5, 5.41) is 9.47.